The van der Waals surface area contributed by atoms with Crippen molar-refractivity contribution in [2.45, 2.75) is 19.9 Å². The average molecular weight is 255 g/mol. The van der Waals surface area contributed by atoms with Crippen molar-refractivity contribution in [3.63, 3.8) is 0 Å². The molecule has 15 heavy (non-hydrogen) atoms. The first-order chi connectivity index (χ1) is 6.58. The van der Waals surface area contributed by atoms with Gasteiger partial charge in [0, 0.05) is 25.7 Å². The molecular formula is C9H19ClN2O2S. The molecule has 90 valence electrons. The second kappa shape index (κ2) is 6.48. The van der Waals surface area contributed by atoms with Crippen LogP contribution in [0, 0.1) is 0 Å². The summed E-state index contributed by atoms with van der Waals surface area (Å²) >= 11 is 0. The van der Waals surface area contributed by atoms with Gasteiger partial charge in [0.15, 0.2) is 0 Å². The first kappa shape index (κ1) is 14.9. The van der Waals surface area contributed by atoms with E-state index in [9.17, 15) is 8.42 Å². The summed E-state index contributed by atoms with van der Waals surface area (Å²) < 4.78 is 25.2. The number of nitrogens with one attached hydrogen (secondary N) is 1. The topological polar surface area (TPSA) is 49.4 Å². The lowest BCUT2D eigenvalue weighted by Crippen LogP contribution is -2.52. The van der Waals surface area contributed by atoms with E-state index in [1.165, 1.54) is 0 Å². The van der Waals surface area contributed by atoms with E-state index in [1.54, 1.807) is 16.5 Å². The zero-order valence-electron chi connectivity index (χ0n) is 9.14. The molecule has 1 aliphatic heterocycles. The molecule has 0 spiro atoms. The smallest absolute Gasteiger partial charge is 0.218 e. The maximum atomic E-state index is 11.8. The normalized spacial score (nSPS) is 24.0. The van der Waals surface area contributed by atoms with Gasteiger partial charge in [0.25, 0.3) is 0 Å². The maximum Gasteiger partial charge on any atom is 0.218 e. The van der Waals surface area contributed by atoms with Gasteiger partial charge in [-0.15, -0.1) is 12.4 Å². The zero-order valence-corrected chi connectivity index (χ0v) is 10.8. The molecule has 6 heteroatoms. The summed E-state index contributed by atoms with van der Waals surface area (Å²) in [5.74, 6) is 0.119. The molecule has 1 N–H and O–H groups in total. The van der Waals surface area contributed by atoms with Crippen LogP contribution in [0.1, 0.15) is 13.8 Å². The van der Waals surface area contributed by atoms with Crippen LogP contribution in [0.25, 0.3) is 0 Å². The first-order valence-corrected chi connectivity index (χ1v) is 6.50. The van der Waals surface area contributed by atoms with Gasteiger partial charge < -0.3 is 5.32 Å². The number of nitrogens with zero attached hydrogens (tertiary/aromatic N) is 1. The first-order valence-electron chi connectivity index (χ1n) is 4.89. The van der Waals surface area contributed by atoms with Crippen molar-refractivity contribution < 1.29 is 8.42 Å². The molecule has 1 aliphatic rings. The second-order valence-electron chi connectivity index (χ2n) is 3.51. The Morgan fingerprint density at radius 2 is 2.20 bits per heavy atom. The molecule has 0 unspecified atom stereocenters. The quantitative estimate of drug-likeness (QED) is 0.751. The molecule has 1 heterocycles. The van der Waals surface area contributed by atoms with Gasteiger partial charge in [-0.2, -0.15) is 4.31 Å². The molecule has 1 saturated heterocycles. The monoisotopic (exact) mass is 254 g/mol. The Labute approximate surface area is 98.2 Å². The molecule has 1 fully saturated rings. The van der Waals surface area contributed by atoms with Gasteiger partial charge in [0.2, 0.25) is 10.0 Å². The Bertz CT molecular complexity index is 303. The summed E-state index contributed by atoms with van der Waals surface area (Å²) in [6.07, 6.45) is 3.45. The number of piperazine rings is 1. The van der Waals surface area contributed by atoms with Crippen molar-refractivity contribution in [1.82, 2.24) is 9.62 Å². The van der Waals surface area contributed by atoms with Crippen molar-refractivity contribution >= 4 is 22.4 Å². The van der Waals surface area contributed by atoms with E-state index in [0.29, 0.717) is 6.54 Å². The van der Waals surface area contributed by atoms with Gasteiger partial charge in [-0.25, -0.2) is 8.42 Å². The lowest BCUT2D eigenvalue weighted by molar-refractivity contribution is 0.284. The Morgan fingerprint density at radius 1 is 1.53 bits per heavy atom. The summed E-state index contributed by atoms with van der Waals surface area (Å²) in [4.78, 5) is 0. The SMILES string of the molecule is C/C=C/CS(=O)(=O)N1CCNC[C@@H]1C.Cl. The molecule has 0 radical (unpaired) electrons. The minimum absolute atomic E-state index is 0. The van der Waals surface area contributed by atoms with Crippen molar-refractivity contribution in [3.05, 3.63) is 12.2 Å². The minimum atomic E-state index is -3.09. The van der Waals surface area contributed by atoms with Crippen LogP contribution in [0.3, 0.4) is 0 Å². The van der Waals surface area contributed by atoms with Gasteiger partial charge in [0.05, 0.1) is 5.75 Å². The fraction of sp³-hybridized carbons (Fsp3) is 0.778. The van der Waals surface area contributed by atoms with E-state index >= 15 is 0 Å². The fourth-order valence-corrected chi connectivity index (χ4v) is 3.17. The molecule has 0 aromatic rings. The third kappa shape index (κ3) is 4.10. The number of hydrogen-bond donors (Lipinski definition) is 1. The molecule has 1 rings (SSSR count). The summed E-state index contributed by atoms with van der Waals surface area (Å²) in [7, 11) is -3.09. The van der Waals surface area contributed by atoms with E-state index in [4.69, 9.17) is 0 Å². The van der Waals surface area contributed by atoms with Crippen molar-refractivity contribution in [1.29, 1.82) is 0 Å². The number of halogens is 1. The Hall–Kier alpha value is -0.100. The number of rotatable bonds is 3. The van der Waals surface area contributed by atoms with Gasteiger partial charge in [0.1, 0.15) is 0 Å². The third-order valence-electron chi connectivity index (χ3n) is 2.34. The van der Waals surface area contributed by atoms with Gasteiger partial charge in [-0.1, -0.05) is 12.2 Å². The molecular weight excluding hydrogens is 236 g/mol. The Balaban J connectivity index is 0.00000196. The summed E-state index contributed by atoms with van der Waals surface area (Å²) in [6, 6.07) is 0.0685. The highest BCUT2D eigenvalue weighted by atomic mass is 35.5. The molecule has 0 aliphatic carbocycles. The third-order valence-corrected chi connectivity index (χ3v) is 4.21. The largest absolute Gasteiger partial charge is 0.314 e. The van der Waals surface area contributed by atoms with Crippen LogP contribution in [0.15, 0.2) is 12.2 Å². The van der Waals surface area contributed by atoms with Gasteiger partial charge in [-0.3, -0.25) is 0 Å². The lowest BCUT2D eigenvalue weighted by Gasteiger charge is -2.32. The zero-order chi connectivity index (χ0) is 10.6. The van der Waals surface area contributed by atoms with E-state index in [1.807, 2.05) is 13.8 Å². The number of hydrogen-bond acceptors (Lipinski definition) is 3. The standard InChI is InChI=1S/C9H18N2O2S.ClH/c1-3-4-7-14(12,13)11-6-5-10-8-9(11)2;/h3-4,9-10H,5-8H2,1-2H3;1H/b4-3+;/t9-;/m0./s1. The molecule has 0 amide bonds. The average Bonchev–Trinajstić information content (AvgIpc) is 2.15. The van der Waals surface area contributed by atoms with Crippen LogP contribution in [-0.4, -0.2) is 44.2 Å². The fourth-order valence-electron chi connectivity index (χ4n) is 1.55. The maximum absolute atomic E-state index is 11.8. The van der Waals surface area contributed by atoms with Crippen molar-refractivity contribution in [2.75, 3.05) is 25.4 Å². The summed E-state index contributed by atoms with van der Waals surface area (Å²) in [6.45, 7) is 5.84. The molecule has 1 atom stereocenters. The summed E-state index contributed by atoms with van der Waals surface area (Å²) in [5.41, 5.74) is 0. The Morgan fingerprint density at radius 3 is 2.73 bits per heavy atom. The van der Waals surface area contributed by atoms with E-state index in [-0.39, 0.29) is 24.2 Å². The van der Waals surface area contributed by atoms with E-state index in [2.05, 4.69) is 5.32 Å². The molecule has 0 saturated carbocycles. The Kier molecular flexibility index (Phi) is 6.43. The molecule has 4 nitrogen and oxygen atoms in total. The minimum Gasteiger partial charge on any atom is -0.314 e. The predicted octanol–water partition coefficient (Wildman–Crippen LogP) is 0.608. The lowest BCUT2D eigenvalue weighted by atomic mass is 10.3. The van der Waals surface area contributed by atoms with Crippen LogP contribution < -0.4 is 5.32 Å². The van der Waals surface area contributed by atoms with Crippen LogP contribution in [0.2, 0.25) is 0 Å². The van der Waals surface area contributed by atoms with Gasteiger partial charge >= 0.3 is 0 Å². The summed E-state index contributed by atoms with van der Waals surface area (Å²) in [5, 5.41) is 3.17. The second-order valence-corrected chi connectivity index (χ2v) is 5.48. The molecule has 0 aromatic carbocycles. The highest BCUT2D eigenvalue weighted by Crippen LogP contribution is 2.09. The van der Waals surface area contributed by atoms with E-state index < -0.39 is 10.0 Å². The van der Waals surface area contributed by atoms with Crippen LogP contribution in [0.5, 0.6) is 0 Å². The van der Waals surface area contributed by atoms with Crippen LogP contribution in [-0.2, 0) is 10.0 Å². The van der Waals surface area contributed by atoms with E-state index in [0.717, 1.165) is 13.1 Å². The number of sulfonamides is 1. The predicted molar refractivity (Wildman–Crippen MR) is 64.9 cm³/mol. The van der Waals surface area contributed by atoms with Crippen molar-refractivity contribution in [2.24, 2.45) is 0 Å². The molecule has 0 aromatic heterocycles. The van der Waals surface area contributed by atoms with Crippen LogP contribution in [0.4, 0.5) is 0 Å². The molecule has 0 bridgehead atoms. The van der Waals surface area contributed by atoms with Gasteiger partial charge in [-0.05, 0) is 13.8 Å². The highest BCUT2D eigenvalue weighted by molar-refractivity contribution is 7.89. The number of allylic oxidation sites excluding steroid dienone is 1. The van der Waals surface area contributed by atoms with Crippen molar-refractivity contribution in [3.8, 4) is 0 Å². The highest BCUT2D eigenvalue weighted by Gasteiger charge is 2.27. The van der Waals surface area contributed by atoms with Crippen LogP contribution >= 0.6 is 12.4 Å².